The van der Waals surface area contributed by atoms with Crippen molar-refractivity contribution in [2.45, 2.75) is 18.9 Å². The maximum Gasteiger partial charge on any atom is 0.133 e. The third-order valence-electron chi connectivity index (χ3n) is 2.08. The molecule has 0 spiro atoms. The van der Waals surface area contributed by atoms with Gasteiger partial charge in [-0.2, -0.15) is 0 Å². The van der Waals surface area contributed by atoms with Crippen molar-refractivity contribution < 1.29 is 0 Å². The predicted molar refractivity (Wildman–Crippen MR) is 51.2 cm³/mol. The van der Waals surface area contributed by atoms with Gasteiger partial charge in [-0.05, 0) is 28.8 Å². The van der Waals surface area contributed by atoms with E-state index in [0.717, 1.165) is 10.4 Å². The maximum atomic E-state index is 4.19. The van der Waals surface area contributed by atoms with Crippen LogP contribution in [-0.4, -0.2) is 23.1 Å². The minimum absolute atomic E-state index is 0.701. The van der Waals surface area contributed by atoms with Crippen molar-refractivity contribution in [1.29, 1.82) is 0 Å². The van der Waals surface area contributed by atoms with E-state index < -0.39 is 0 Å². The maximum absolute atomic E-state index is 4.19. The zero-order valence-electron chi connectivity index (χ0n) is 6.87. The summed E-state index contributed by atoms with van der Waals surface area (Å²) in [5.41, 5.74) is 0. The molecule has 1 heterocycles. The summed E-state index contributed by atoms with van der Waals surface area (Å²) >= 11 is 3.32. The Morgan fingerprint density at radius 2 is 2.25 bits per heavy atom. The molecular weight excluding hydrogens is 218 g/mol. The lowest BCUT2D eigenvalue weighted by Crippen LogP contribution is -2.20. The third-order valence-corrected chi connectivity index (χ3v) is 2.51. The molecule has 1 saturated carbocycles. The van der Waals surface area contributed by atoms with Gasteiger partial charge >= 0.3 is 0 Å². The summed E-state index contributed by atoms with van der Waals surface area (Å²) in [5.74, 6) is 0.999. The number of aromatic nitrogens is 2. The van der Waals surface area contributed by atoms with Crippen molar-refractivity contribution in [1.82, 2.24) is 9.97 Å². The van der Waals surface area contributed by atoms with Crippen LogP contribution >= 0.6 is 15.9 Å². The second-order valence-corrected chi connectivity index (χ2v) is 3.85. The van der Waals surface area contributed by atoms with Crippen LogP contribution < -0.4 is 4.90 Å². The van der Waals surface area contributed by atoms with Crippen molar-refractivity contribution in [3.63, 3.8) is 0 Å². The summed E-state index contributed by atoms with van der Waals surface area (Å²) in [5, 5.41) is 0. The number of hydrogen-bond donors (Lipinski definition) is 0. The topological polar surface area (TPSA) is 29.0 Å². The standard InChI is InChI=1S/C8H10BrN3/c1-12(6-2-3-6)8-4-7(9)10-5-11-8/h4-6H,2-3H2,1H3. The van der Waals surface area contributed by atoms with Crippen LogP contribution in [0.15, 0.2) is 17.0 Å². The summed E-state index contributed by atoms with van der Waals surface area (Å²) in [6.45, 7) is 0. The van der Waals surface area contributed by atoms with Crippen LogP contribution in [0, 0.1) is 0 Å². The van der Waals surface area contributed by atoms with Gasteiger partial charge in [0.2, 0.25) is 0 Å². The minimum Gasteiger partial charge on any atom is -0.357 e. The molecule has 1 aromatic rings. The summed E-state index contributed by atoms with van der Waals surface area (Å²) in [6.07, 6.45) is 4.16. The summed E-state index contributed by atoms with van der Waals surface area (Å²) < 4.78 is 0.847. The highest BCUT2D eigenvalue weighted by molar-refractivity contribution is 9.10. The molecule has 1 aliphatic rings. The minimum atomic E-state index is 0.701. The van der Waals surface area contributed by atoms with E-state index in [9.17, 15) is 0 Å². The molecule has 12 heavy (non-hydrogen) atoms. The average molecular weight is 228 g/mol. The molecule has 1 aromatic heterocycles. The molecule has 0 N–H and O–H groups in total. The van der Waals surface area contributed by atoms with Crippen LogP contribution in [0.4, 0.5) is 5.82 Å². The van der Waals surface area contributed by atoms with E-state index in [1.807, 2.05) is 6.07 Å². The second-order valence-electron chi connectivity index (χ2n) is 3.04. The van der Waals surface area contributed by atoms with Crippen LogP contribution in [0.3, 0.4) is 0 Å². The lowest BCUT2D eigenvalue weighted by Gasteiger charge is -2.16. The van der Waals surface area contributed by atoms with Crippen molar-refractivity contribution in [3.05, 3.63) is 17.0 Å². The van der Waals surface area contributed by atoms with E-state index in [-0.39, 0.29) is 0 Å². The fraction of sp³-hybridized carbons (Fsp3) is 0.500. The Morgan fingerprint density at radius 1 is 1.50 bits per heavy atom. The van der Waals surface area contributed by atoms with Gasteiger partial charge in [0.1, 0.15) is 16.7 Å². The number of rotatable bonds is 2. The van der Waals surface area contributed by atoms with E-state index >= 15 is 0 Å². The molecule has 0 atom stereocenters. The molecule has 1 fully saturated rings. The Balaban J connectivity index is 2.20. The Morgan fingerprint density at radius 3 is 2.83 bits per heavy atom. The SMILES string of the molecule is CN(c1cc(Br)ncn1)C1CC1. The van der Waals surface area contributed by atoms with Gasteiger partial charge in [-0.1, -0.05) is 0 Å². The number of anilines is 1. The van der Waals surface area contributed by atoms with Crippen molar-refractivity contribution in [2.24, 2.45) is 0 Å². The first-order valence-electron chi connectivity index (χ1n) is 3.98. The van der Waals surface area contributed by atoms with E-state index in [1.165, 1.54) is 12.8 Å². The molecule has 1 aliphatic carbocycles. The number of hydrogen-bond acceptors (Lipinski definition) is 3. The van der Waals surface area contributed by atoms with Crippen LogP contribution in [0.25, 0.3) is 0 Å². The first-order valence-corrected chi connectivity index (χ1v) is 4.77. The van der Waals surface area contributed by atoms with Gasteiger partial charge in [-0.15, -0.1) is 0 Å². The monoisotopic (exact) mass is 227 g/mol. The van der Waals surface area contributed by atoms with Crippen LogP contribution in [0.2, 0.25) is 0 Å². The Hall–Kier alpha value is -0.640. The van der Waals surface area contributed by atoms with Crippen LogP contribution in [0.5, 0.6) is 0 Å². The van der Waals surface area contributed by atoms with Crippen molar-refractivity contribution in [3.8, 4) is 0 Å². The molecule has 2 rings (SSSR count). The molecule has 0 bridgehead atoms. The second kappa shape index (κ2) is 3.01. The number of halogens is 1. The fourth-order valence-electron chi connectivity index (χ4n) is 1.17. The van der Waals surface area contributed by atoms with E-state index in [1.54, 1.807) is 6.33 Å². The zero-order chi connectivity index (χ0) is 8.55. The Bertz CT molecular complexity index is 285. The molecule has 0 aromatic carbocycles. The van der Waals surface area contributed by atoms with Gasteiger partial charge in [0.05, 0.1) is 0 Å². The van der Waals surface area contributed by atoms with Gasteiger partial charge < -0.3 is 4.90 Å². The molecule has 3 nitrogen and oxygen atoms in total. The quantitative estimate of drug-likeness (QED) is 0.723. The Kier molecular flexibility index (Phi) is 2.00. The highest BCUT2D eigenvalue weighted by Gasteiger charge is 2.27. The van der Waals surface area contributed by atoms with Gasteiger partial charge in [-0.3, -0.25) is 0 Å². The third kappa shape index (κ3) is 1.58. The van der Waals surface area contributed by atoms with Crippen LogP contribution in [0.1, 0.15) is 12.8 Å². The highest BCUT2D eigenvalue weighted by atomic mass is 79.9. The van der Waals surface area contributed by atoms with Crippen molar-refractivity contribution in [2.75, 3.05) is 11.9 Å². The lowest BCUT2D eigenvalue weighted by atomic mass is 10.5. The number of nitrogens with zero attached hydrogens (tertiary/aromatic N) is 3. The predicted octanol–water partition coefficient (Wildman–Crippen LogP) is 1.84. The van der Waals surface area contributed by atoms with Gasteiger partial charge in [0.25, 0.3) is 0 Å². The molecule has 0 saturated heterocycles. The average Bonchev–Trinajstić information content (AvgIpc) is 2.85. The fourth-order valence-corrected chi connectivity index (χ4v) is 1.46. The van der Waals surface area contributed by atoms with Crippen molar-refractivity contribution >= 4 is 21.7 Å². The van der Waals surface area contributed by atoms with E-state index in [4.69, 9.17) is 0 Å². The van der Waals surface area contributed by atoms with E-state index in [2.05, 4.69) is 37.8 Å². The first kappa shape index (κ1) is 7.98. The molecule has 0 radical (unpaired) electrons. The molecule has 64 valence electrons. The van der Waals surface area contributed by atoms with Crippen LogP contribution in [-0.2, 0) is 0 Å². The zero-order valence-corrected chi connectivity index (χ0v) is 8.45. The first-order chi connectivity index (χ1) is 5.77. The Labute approximate surface area is 80.0 Å². The normalized spacial score (nSPS) is 16.2. The van der Waals surface area contributed by atoms with E-state index in [0.29, 0.717) is 6.04 Å². The molecular formula is C8H10BrN3. The summed E-state index contributed by atoms with van der Waals surface area (Å²) in [4.78, 5) is 10.4. The smallest absolute Gasteiger partial charge is 0.133 e. The van der Waals surface area contributed by atoms with Gasteiger partial charge in [0, 0.05) is 19.2 Å². The van der Waals surface area contributed by atoms with Gasteiger partial charge in [-0.25, -0.2) is 9.97 Å². The molecule has 4 heteroatoms. The lowest BCUT2D eigenvalue weighted by molar-refractivity contribution is 0.883. The molecule has 0 unspecified atom stereocenters. The summed E-state index contributed by atoms with van der Waals surface area (Å²) in [6, 6.07) is 2.64. The summed E-state index contributed by atoms with van der Waals surface area (Å²) in [7, 11) is 2.08. The highest BCUT2D eigenvalue weighted by Crippen LogP contribution is 2.29. The molecule has 0 amide bonds. The largest absolute Gasteiger partial charge is 0.357 e. The molecule has 0 aliphatic heterocycles. The van der Waals surface area contributed by atoms with Gasteiger partial charge in [0.15, 0.2) is 0 Å².